The average molecular weight is 413 g/mol. The zero-order chi connectivity index (χ0) is 22.0. The number of aromatic hydroxyl groups is 1. The van der Waals surface area contributed by atoms with E-state index >= 15 is 0 Å². The van der Waals surface area contributed by atoms with Gasteiger partial charge >= 0.3 is 11.4 Å². The Labute approximate surface area is 176 Å². The van der Waals surface area contributed by atoms with Crippen LogP contribution in [0.15, 0.2) is 77.0 Å². The number of aromatic nitrogens is 2. The van der Waals surface area contributed by atoms with E-state index in [1.807, 2.05) is 0 Å². The number of rotatable bonds is 4. The summed E-state index contributed by atoms with van der Waals surface area (Å²) in [6.07, 6.45) is 0. The zero-order valence-electron chi connectivity index (χ0n) is 16.0. The van der Waals surface area contributed by atoms with Crippen LogP contribution >= 0.6 is 0 Å². The fraction of sp³-hybridized carbons (Fsp3) is 0.0455. The van der Waals surface area contributed by atoms with Crippen molar-refractivity contribution < 1.29 is 19.7 Å². The van der Waals surface area contributed by atoms with Gasteiger partial charge in [-0.2, -0.15) is 20.2 Å². The van der Waals surface area contributed by atoms with E-state index in [4.69, 9.17) is 0 Å². The van der Waals surface area contributed by atoms with E-state index in [-0.39, 0.29) is 40.3 Å². The van der Waals surface area contributed by atoms with Gasteiger partial charge in [-0.1, -0.05) is 24.3 Å². The van der Waals surface area contributed by atoms with Crippen LogP contribution in [-0.4, -0.2) is 10.2 Å². The first-order chi connectivity index (χ1) is 15.0. The van der Waals surface area contributed by atoms with Gasteiger partial charge in [-0.25, -0.2) is 0 Å². The molecule has 3 aromatic carbocycles. The summed E-state index contributed by atoms with van der Waals surface area (Å²) in [5, 5.41) is 63.0. The van der Waals surface area contributed by atoms with Crippen molar-refractivity contribution in [2.24, 2.45) is 10.2 Å². The first-order valence-corrected chi connectivity index (χ1v) is 9.16. The second-order valence-corrected chi connectivity index (χ2v) is 6.62. The fourth-order valence-electron chi connectivity index (χ4n) is 3.18. The number of aliphatic hydroxyl groups excluding tert-OH is 1. The normalized spacial score (nSPS) is 11.1. The predicted octanol–water partition coefficient (Wildman–Crippen LogP) is 3.26. The third kappa shape index (κ3) is 3.59. The fourth-order valence-corrected chi connectivity index (χ4v) is 3.18. The Bertz CT molecular complexity index is 1380. The Kier molecular flexibility index (Phi) is 5.13. The van der Waals surface area contributed by atoms with Crippen LogP contribution in [0.25, 0.3) is 22.3 Å². The number of aliphatic hydroxyl groups is 1. The van der Waals surface area contributed by atoms with E-state index in [0.29, 0.717) is 20.7 Å². The second kappa shape index (κ2) is 8.06. The number of azo groups is 1. The highest BCUT2D eigenvalue weighted by molar-refractivity contribution is 5.75. The Morgan fingerprint density at radius 2 is 1.55 bits per heavy atom. The van der Waals surface area contributed by atoms with E-state index in [2.05, 4.69) is 10.2 Å². The molecular weight excluding hydrogens is 398 g/mol. The Morgan fingerprint density at radius 1 is 0.871 bits per heavy atom. The number of fused-ring (bicyclic) bond motifs is 1. The van der Waals surface area contributed by atoms with Gasteiger partial charge < -0.3 is 20.6 Å². The largest absolute Gasteiger partial charge is 0.617 e. The van der Waals surface area contributed by atoms with Gasteiger partial charge in [-0.3, -0.25) is 0 Å². The van der Waals surface area contributed by atoms with Gasteiger partial charge in [0.05, 0.1) is 23.5 Å². The number of nitriles is 1. The summed E-state index contributed by atoms with van der Waals surface area (Å²) in [6.45, 7) is -0.135. The molecule has 152 valence electrons. The van der Waals surface area contributed by atoms with Crippen LogP contribution in [0.1, 0.15) is 11.3 Å². The van der Waals surface area contributed by atoms with Crippen LogP contribution in [0.3, 0.4) is 0 Å². The van der Waals surface area contributed by atoms with Crippen molar-refractivity contribution >= 4 is 22.4 Å². The molecule has 1 aromatic heterocycles. The predicted molar refractivity (Wildman–Crippen MR) is 110 cm³/mol. The molecule has 0 unspecified atom stereocenters. The Hall–Kier alpha value is -4.55. The molecule has 31 heavy (non-hydrogen) atoms. The molecule has 0 atom stereocenters. The lowest BCUT2D eigenvalue weighted by Crippen LogP contribution is -2.43. The van der Waals surface area contributed by atoms with Crippen molar-refractivity contribution in [1.29, 1.82) is 5.26 Å². The molecule has 0 saturated heterocycles. The number of phenols is 1. The molecule has 0 saturated carbocycles. The molecule has 9 heteroatoms. The van der Waals surface area contributed by atoms with Crippen LogP contribution in [-0.2, 0) is 6.61 Å². The van der Waals surface area contributed by atoms with Gasteiger partial charge in [0.25, 0.3) is 11.0 Å². The summed E-state index contributed by atoms with van der Waals surface area (Å²) < 4.78 is 0.816. The number of nitrogens with zero attached hydrogens (tertiary/aromatic N) is 5. The number of benzene rings is 3. The molecule has 0 aliphatic heterocycles. The monoisotopic (exact) mass is 413 g/mol. The van der Waals surface area contributed by atoms with Gasteiger partial charge in [-0.15, -0.1) is 4.73 Å². The number of hydrogen-bond acceptors (Lipinski definition) is 7. The van der Waals surface area contributed by atoms with Crippen LogP contribution < -0.4 is 9.46 Å². The molecule has 2 N–H and O–H groups in total. The van der Waals surface area contributed by atoms with Gasteiger partial charge in [0, 0.05) is 12.1 Å². The maximum absolute atomic E-state index is 13.0. The van der Waals surface area contributed by atoms with Crippen LogP contribution in [0.2, 0.25) is 0 Å². The third-order valence-electron chi connectivity index (χ3n) is 4.67. The quantitative estimate of drug-likeness (QED) is 0.300. The third-order valence-corrected chi connectivity index (χ3v) is 4.67. The van der Waals surface area contributed by atoms with Crippen molar-refractivity contribution in [3.63, 3.8) is 0 Å². The molecule has 0 aliphatic rings. The molecule has 0 amide bonds. The first kappa shape index (κ1) is 19.8. The Balaban J connectivity index is 1.86. The van der Waals surface area contributed by atoms with Crippen molar-refractivity contribution in [3.05, 3.63) is 88.4 Å². The summed E-state index contributed by atoms with van der Waals surface area (Å²) >= 11 is 0. The number of para-hydroxylation sites is 2. The van der Waals surface area contributed by atoms with Crippen molar-refractivity contribution in [3.8, 4) is 23.1 Å². The highest BCUT2D eigenvalue weighted by Gasteiger charge is 2.31. The lowest BCUT2D eigenvalue weighted by Gasteiger charge is -2.11. The molecule has 0 aliphatic carbocycles. The zero-order valence-corrected chi connectivity index (χ0v) is 16.0. The van der Waals surface area contributed by atoms with E-state index in [1.165, 1.54) is 30.3 Å². The molecule has 9 nitrogen and oxygen atoms in total. The van der Waals surface area contributed by atoms with E-state index in [1.54, 1.807) is 42.5 Å². The number of phenolic OH excluding ortho intramolecular Hbond substituents is 1. The van der Waals surface area contributed by atoms with Crippen LogP contribution in [0, 0.1) is 21.7 Å². The summed E-state index contributed by atoms with van der Waals surface area (Å²) in [5.74, 6) is -0.294. The molecule has 1 heterocycles. The molecule has 4 aromatic rings. The second-order valence-electron chi connectivity index (χ2n) is 6.62. The van der Waals surface area contributed by atoms with Crippen molar-refractivity contribution in [2.45, 2.75) is 6.61 Å². The van der Waals surface area contributed by atoms with Crippen molar-refractivity contribution in [2.75, 3.05) is 0 Å². The van der Waals surface area contributed by atoms with Gasteiger partial charge in [0.1, 0.15) is 5.75 Å². The highest BCUT2D eigenvalue weighted by Crippen LogP contribution is 2.33. The summed E-state index contributed by atoms with van der Waals surface area (Å²) in [6, 6.07) is 18.8. The maximum atomic E-state index is 13.0. The molecule has 0 spiro atoms. The molecule has 4 rings (SSSR count). The molecule has 0 fully saturated rings. The standard InChI is InChI=1S/C22H15N5O4/c23-12-20-22(27(31)19-7-2-1-6-18(19)26(20)30)17-11-16(8-9-21(17)29)25-24-15-5-3-4-14(10-15)13-28/h1-11,28-29H,13H2. The van der Waals surface area contributed by atoms with Gasteiger partial charge in [0.15, 0.2) is 6.07 Å². The highest BCUT2D eigenvalue weighted by atomic mass is 16.5. The Morgan fingerprint density at radius 3 is 2.23 bits per heavy atom. The smallest absolute Gasteiger partial charge is 0.369 e. The van der Waals surface area contributed by atoms with E-state index in [9.17, 15) is 25.9 Å². The van der Waals surface area contributed by atoms with E-state index in [0.717, 1.165) is 0 Å². The van der Waals surface area contributed by atoms with Gasteiger partial charge in [-0.05, 0) is 35.9 Å². The van der Waals surface area contributed by atoms with E-state index < -0.39 is 5.69 Å². The van der Waals surface area contributed by atoms with Gasteiger partial charge in [0.2, 0.25) is 0 Å². The summed E-state index contributed by atoms with van der Waals surface area (Å²) in [5.41, 5.74) is 0.794. The minimum atomic E-state index is -0.450. The lowest BCUT2D eigenvalue weighted by molar-refractivity contribution is -0.622. The lowest BCUT2D eigenvalue weighted by atomic mass is 10.1. The molecular formula is C22H15N5O4. The van der Waals surface area contributed by atoms with Crippen molar-refractivity contribution in [1.82, 2.24) is 0 Å². The van der Waals surface area contributed by atoms with Crippen LogP contribution in [0.4, 0.5) is 11.4 Å². The number of hydrogen-bond donors (Lipinski definition) is 2. The minimum Gasteiger partial charge on any atom is -0.617 e. The van der Waals surface area contributed by atoms with Crippen LogP contribution in [0.5, 0.6) is 5.75 Å². The maximum Gasteiger partial charge on any atom is 0.369 e. The first-order valence-electron chi connectivity index (χ1n) is 9.16. The summed E-state index contributed by atoms with van der Waals surface area (Å²) in [7, 11) is 0. The molecule has 0 bridgehead atoms. The molecule has 0 radical (unpaired) electrons. The summed E-state index contributed by atoms with van der Waals surface area (Å²) in [4.78, 5) is 0. The minimum absolute atomic E-state index is 0.0255. The SMILES string of the molecule is N#Cc1c(-c2cc(N=Nc3cccc(CO)c3)ccc2O)[n+]([O-])c2ccccc2[n+]1[O-]. The average Bonchev–Trinajstić information content (AvgIpc) is 2.81. The topological polar surface area (TPSA) is 143 Å².